The number of carbonyl (C=O) groups is 1. The number of rotatable bonds is 9. The van der Waals surface area contributed by atoms with Crippen molar-refractivity contribution in [3.8, 4) is 0 Å². The van der Waals surface area contributed by atoms with Crippen molar-refractivity contribution in [2.24, 2.45) is 0 Å². The fourth-order valence-electron chi connectivity index (χ4n) is 1.27. The molecule has 0 bridgehead atoms. The molecule has 0 unspecified atom stereocenters. The van der Waals surface area contributed by atoms with Crippen molar-refractivity contribution in [3.63, 3.8) is 0 Å². The second kappa shape index (κ2) is 12.7. The van der Waals surface area contributed by atoms with Gasteiger partial charge in [-0.05, 0) is 19.3 Å². The third kappa shape index (κ3) is 14.3. The van der Waals surface area contributed by atoms with Gasteiger partial charge in [0.25, 0.3) is 0 Å². The Morgan fingerprint density at radius 1 is 1.07 bits per heavy atom. The van der Waals surface area contributed by atoms with Crippen molar-refractivity contribution in [1.29, 1.82) is 0 Å². The Morgan fingerprint density at radius 2 is 1.57 bits per heavy atom. The summed E-state index contributed by atoms with van der Waals surface area (Å²) in [5.74, 6) is -0.674. The van der Waals surface area contributed by atoms with Crippen LogP contribution in [0, 0.1) is 0 Å². The quantitative estimate of drug-likeness (QED) is 0.385. The molecular weight excluding hydrogens is 228 g/mol. The minimum Gasteiger partial charge on any atom is -0.481 e. The van der Waals surface area contributed by atoms with Gasteiger partial charge in [-0.1, -0.05) is 31.8 Å². The first-order chi connectivity index (χ1) is 6.27. The number of allylic oxidation sites excluding steroid dienone is 1. The first kappa shape index (κ1) is 16.2. The van der Waals surface area contributed by atoms with Gasteiger partial charge >= 0.3 is 5.97 Å². The van der Waals surface area contributed by atoms with Crippen LogP contribution in [0.2, 0.25) is 0 Å². The van der Waals surface area contributed by atoms with Crippen LogP contribution in [0.4, 0.5) is 0 Å². The molecule has 0 aliphatic heterocycles. The molecule has 0 spiro atoms. The third-order valence-electron chi connectivity index (χ3n) is 2.05. The number of unbranched alkanes of at least 4 members (excludes halogenated alkanes) is 6. The molecule has 1 radical (unpaired) electrons. The molecule has 2 nitrogen and oxygen atoms in total. The van der Waals surface area contributed by atoms with E-state index in [2.05, 4.69) is 6.58 Å². The average Bonchev–Trinajstić information content (AvgIpc) is 2.09. The maximum atomic E-state index is 10.2. The van der Waals surface area contributed by atoms with E-state index in [1.807, 2.05) is 6.08 Å². The van der Waals surface area contributed by atoms with Gasteiger partial charge < -0.3 is 5.11 Å². The van der Waals surface area contributed by atoms with Crippen molar-refractivity contribution >= 4 is 5.97 Å². The molecule has 0 aliphatic rings. The minimum atomic E-state index is -0.674. The van der Waals surface area contributed by atoms with Gasteiger partial charge in [-0.15, -0.1) is 6.58 Å². The van der Waals surface area contributed by atoms with Gasteiger partial charge in [-0.25, -0.2) is 0 Å². The van der Waals surface area contributed by atoms with E-state index in [4.69, 9.17) is 5.11 Å². The summed E-state index contributed by atoms with van der Waals surface area (Å²) < 4.78 is 0. The SMILES string of the molecule is C=CCCCCCCCCC(=O)O.[Cu]. The molecule has 0 aromatic heterocycles. The maximum absolute atomic E-state index is 10.2. The molecule has 87 valence electrons. The van der Waals surface area contributed by atoms with E-state index in [0.29, 0.717) is 6.42 Å². The van der Waals surface area contributed by atoms with Crippen molar-refractivity contribution in [2.45, 2.75) is 51.4 Å². The molecule has 1 N–H and O–H groups in total. The molecule has 0 saturated heterocycles. The fourth-order valence-corrected chi connectivity index (χ4v) is 1.27. The maximum Gasteiger partial charge on any atom is 0.303 e. The third-order valence-corrected chi connectivity index (χ3v) is 2.05. The molecular formula is C11H20CuO2. The Hall–Kier alpha value is -0.271. The normalized spacial score (nSPS) is 9.14. The van der Waals surface area contributed by atoms with Crippen LogP contribution in [0.15, 0.2) is 12.7 Å². The summed E-state index contributed by atoms with van der Waals surface area (Å²) in [5.41, 5.74) is 0. The number of hydrogen-bond donors (Lipinski definition) is 1. The zero-order chi connectivity index (χ0) is 9.94. The second-order valence-electron chi connectivity index (χ2n) is 3.34. The van der Waals surface area contributed by atoms with Crippen molar-refractivity contribution in [2.75, 3.05) is 0 Å². The van der Waals surface area contributed by atoms with Gasteiger partial charge in [0.05, 0.1) is 0 Å². The van der Waals surface area contributed by atoms with Crippen LogP contribution in [-0.4, -0.2) is 11.1 Å². The first-order valence-corrected chi connectivity index (χ1v) is 5.10. The van der Waals surface area contributed by atoms with E-state index in [-0.39, 0.29) is 17.1 Å². The van der Waals surface area contributed by atoms with Crippen LogP contribution in [-0.2, 0) is 21.9 Å². The number of carboxylic acids is 1. The first-order valence-electron chi connectivity index (χ1n) is 5.10. The predicted molar refractivity (Wildman–Crippen MR) is 54.8 cm³/mol. The Balaban J connectivity index is 0. The topological polar surface area (TPSA) is 37.3 Å². The molecule has 3 heteroatoms. The molecule has 0 rings (SSSR count). The summed E-state index contributed by atoms with van der Waals surface area (Å²) >= 11 is 0. The van der Waals surface area contributed by atoms with Gasteiger partial charge in [-0.2, -0.15) is 0 Å². The molecule has 0 amide bonds. The minimum absolute atomic E-state index is 0. The van der Waals surface area contributed by atoms with E-state index in [0.717, 1.165) is 19.3 Å². The van der Waals surface area contributed by atoms with E-state index >= 15 is 0 Å². The monoisotopic (exact) mass is 247 g/mol. The van der Waals surface area contributed by atoms with Crippen LogP contribution in [0.3, 0.4) is 0 Å². The molecule has 0 atom stereocenters. The largest absolute Gasteiger partial charge is 0.481 e. The van der Waals surface area contributed by atoms with Gasteiger partial charge in [0.15, 0.2) is 0 Å². The molecule has 0 fully saturated rings. The zero-order valence-corrected chi connectivity index (χ0v) is 9.54. The number of carboxylic acid groups (broad SMARTS) is 1. The summed E-state index contributed by atoms with van der Waals surface area (Å²) in [6, 6.07) is 0. The summed E-state index contributed by atoms with van der Waals surface area (Å²) in [6.07, 6.45) is 10.1. The Morgan fingerprint density at radius 3 is 2.07 bits per heavy atom. The standard InChI is InChI=1S/C11H20O2.Cu/c1-2-3-4-5-6-7-8-9-10-11(12)13;/h2H,1,3-10H2,(H,12,13);. The van der Waals surface area contributed by atoms with Crippen LogP contribution in [0.5, 0.6) is 0 Å². The van der Waals surface area contributed by atoms with Gasteiger partial charge in [0, 0.05) is 23.5 Å². The average molecular weight is 248 g/mol. The summed E-state index contributed by atoms with van der Waals surface area (Å²) in [7, 11) is 0. The van der Waals surface area contributed by atoms with E-state index in [1.165, 1.54) is 25.7 Å². The van der Waals surface area contributed by atoms with Crippen LogP contribution in [0.25, 0.3) is 0 Å². The second-order valence-corrected chi connectivity index (χ2v) is 3.34. The molecule has 0 aromatic rings. The van der Waals surface area contributed by atoms with Crippen molar-refractivity contribution in [3.05, 3.63) is 12.7 Å². The predicted octanol–water partition coefficient (Wildman–Crippen LogP) is 3.38. The van der Waals surface area contributed by atoms with Crippen LogP contribution >= 0.6 is 0 Å². The van der Waals surface area contributed by atoms with Gasteiger partial charge in [0.1, 0.15) is 0 Å². The molecule has 0 aromatic carbocycles. The Labute approximate surface area is 97.3 Å². The molecule has 0 saturated carbocycles. The molecule has 14 heavy (non-hydrogen) atoms. The van der Waals surface area contributed by atoms with Gasteiger partial charge in [-0.3, -0.25) is 4.79 Å². The Bertz CT molecular complexity index is 146. The summed E-state index contributed by atoms with van der Waals surface area (Å²) in [6.45, 7) is 3.66. The van der Waals surface area contributed by atoms with E-state index in [1.54, 1.807) is 0 Å². The van der Waals surface area contributed by atoms with Crippen LogP contribution < -0.4 is 0 Å². The van der Waals surface area contributed by atoms with E-state index in [9.17, 15) is 4.79 Å². The smallest absolute Gasteiger partial charge is 0.303 e. The Kier molecular flexibility index (Phi) is 14.7. The summed E-state index contributed by atoms with van der Waals surface area (Å²) in [5, 5.41) is 8.38. The number of hydrogen-bond acceptors (Lipinski definition) is 1. The van der Waals surface area contributed by atoms with E-state index < -0.39 is 5.97 Å². The van der Waals surface area contributed by atoms with Crippen molar-refractivity contribution in [1.82, 2.24) is 0 Å². The van der Waals surface area contributed by atoms with Crippen LogP contribution in [0.1, 0.15) is 51.4 Å². The number of aliphatic carboxylic acids is 1. The molecule has 0 aliphatic carbocycles. The fraction of sp³-hybridized carbons (Fsp3) is 0.727. The zero-order valence-electron chi connectivity index (χ0n) is 8.60. The molecule has 0 heterocycles. The van der Waals surface area contributed by atoms with Gasteiger partial charge in [0.2, 0.25) is 0 Å². The summed E-state index contributed by atoms with van der Waals surface area (Å²) in [4.78, 5) is 10.2. The van der Waals surface area contributed by atoms with Crippen molar-refractivity contribution < 1.29 is 27.0 Å².